The molecular weight excluding hydrogens is 504 g/mol. The van der Waals surface area contributed by atoms with Gasteiger partial charge in [0.25, 0.3) is 0 Å². The summed E-state index contributed by atoms with van der Waals surface area (Å²) in [6.45, 7) is 23.8. The van der Waals surface area contributed by atoms with E-state index in [4.69, 9.17) is 14.8 Å². The number of ether oxygens (including phenoxy) is 1. The number of carbonyl (C=O) groups is 1. The van der Waals surface area contributed by atoms with Crippen LogP contribution in [0.15, 0.2) is 35.8 Å². The zero-order valence-corrected chi connectivity index (χ0v) is 27.0. The fraction of sp³-hybridized carbons (Fsp3) is 0.594. The van der Waals surface area contributed by atoms with E-state index in [-0.39, 0.29) is 11.4 Å². The second kappa shape index (κ2) is 18.0. The first-order valence-corrected chi connectivity index (χ1v) is 15.5. The number of carbonyl (C=O) groups excluding carboxylic acids is 1. The summed E-state index contributed by atoms with van der Waals surface area (Å²) in [5.74, 6) is 0.117. The molecule has 1 aliphatic rings. The van der Waals surface area contributed by atoms with Gasteiger partial charge in [-0.15, -0.1) is 11.3 Å². The predicted octanol–water partition coefficient (Wildman–Crippen LogP) is 8.39. The molecule has 0 atom stereocenters. The fourth-order valence-corrected chi connectivity index (χ4v) is 4.61. The third-order valence-corrected chi connectivity index (χ3v) is 6.34. The van der Waals surface area contributed by atoms with Crippen molar-refractivity contribution < 1.29 is 9.53 Å². The quantitative estimate of drug-likeness (QED) is 0.324. The number of hydrogen-bond acceptors (Lipinski definition) is 5. The lowest BCUT2D eigenvalue weighted by Gasteiger charge is -2.23. The van der Waals surface area contributed by atoms with Gasteiger partial charge >= 0.3 is 0 Å². The van der Waals surface area contributed by atoms with Crippen LogP contribution in [-0.2, 0) is 21.5 Å². The Morgan fingerprint density at radius 3 is 2.21 bits per heavy atom. The van der Waals surface area contributed by atoms with Gasteiger partial charge in [0.2, 0.25) is 5.91 Å². The van der Waals surface area contributed by atoms with Gasteiger partial charge in [0.05, 0.1) is 41.7 Å². The Bertz CT molecular complexity index is 1070. The Morgan fingerprint density at radius 2 is 1.62 bits per heavy atom. The lowest BCUT2D eigenvalue weighted by atomic mass is 10.0. The summed E-state index contributed by atoms with van der Waals surface area (Å²) in [5.41, 5.74) is 5.05. The maximum atomic E-state index is 12.7. The largest absolute Gasteiger partial charge is 0.380 e. The highest BCUT2D eigenvalue weighted by atomic mass is 32.1. The lowest BCUT2D eigenvalue weighted by Crippen LogP contribution is -2.34. The van der Waals surface area contributed by atoms with E-state index < -0.39 is 0 Å². The molecule has 0 unspecified atom stereocenters. The average Bonchev–Trinajstić information content (AvgIpc) is 3.46. The molecule has 0 N–H and O–H groups in total. The molecule has 1 amide bonds. The second-order valence-electron chi connectivity index (χ2n) is 10.4. The highest BCUT2D eigenvalue weighted by Gasteiger charge is 2.25. The maximum absolute atomic E-state index is 12.7. The third-order valence-electron chi connectivity index (χ3n) is 5.42. The Balaban J connectivity index is 0.000000856. The number of aryl methyl sites for hydroxylation is 1. The van der Waals surface area contributed by atoms with E-state index in [0.717, 1.165) is 47.1 Å². The van der Waals surface area contributed by atoms with Gasteiger partial charge in [-0.05, 0) is 34.1 Å². The number of benzene rings is 1. The van der Waals surface area contributed by atoms with Gasteiger partial charge in [-0.1, -0.05) is 84.2 Å². The zero-order valence-electron chi connectivity index (χ0n) is 26.1. The molecule has 39 heavy (non-hydrogen) atoms. The van der Waals surface area contributed by atoms with Crippen LogP contribution in [-0.4, -0.2) is 51.9 Å². The molecule has 1 saturated heterocycles. The van der Waals surface area contributed by atoms with E-state index in [9.17, 15) is 4.79 Å². The number of rotatable bonds is 4. The van der Waals surface area contributed by atoms with Crippen LogP contribution < -0.4 is 0 Å². The van der Waals surface area contributed by atoms with Crippen LogP contribution in [0, 0.1) is 6.92 Å². The van der Waals surface area contributed by atoms with Gasteiger partial charge < -0.3 is 9.64 Å². The summed E-state index contributed by atoms with van der Waals surface area (Å²) in [7, 11) is 0. The smallest absolute Gasteiger partial charge is 0.228 e. The van der Waals surface area contributed by atoms with Crippen molar-refractivity contribution in [3.8, 4) is 21.8 Å². The van der Waals surface area contributed by atoms with Crippen LogP contribution in [0.2, 0.25) is 0 Å². The number of amides is 1. The van der Waals surface area contributed by atoms with Crippen molar-refractivity contribution >= 4 is 17.2 Å². The molecule has 218 valence electrons. The van der Waals surface area contributed by atoms with E-state index in [1.165, 1.54) is 18.4 Å². The molecule has 0 saturated carbocycles. The van der Waals surface area contributed by atoms with E-state index in [2.05, 4.69) is 84.3 Å². The normalized spacial score (nSPS) is 13.1. The standard InChI is InChI=1S/C24H30N4O2S.2C3H8.C2H6/c1-17-6-8-18(9-7-17)22-20(15-25-28(22)24(2,3)4)23-26-19(16-31-23)14-21(29)27-10-5-12-30-13-11-27;2*1-3-2;1-2/h6-9,15-16H,5,10-14H2,1-4H3;2*3H2,1-2H3;1-2H3. The SMILES string of the molecule is CC.CCC.CCC.Cc1ccc(-c2c(-c3nc(CC(=O)N4CCCOCC4)cs3)cnn2C(C)(C)C)cc1. The first-order chi connectivity index (χ1) is 18.7. The summed E-state index contributed by atoms with van der Waals surface area (Å²) in [4.78, 5) is 19.5. The number of aromatic nitrogens is 3. The molecule has 0 spiro atoms. The van der Waals surface area contributed by atoms with Gasteiger partial charge in [0.15, 0.2) is 0 Å². The Morgan fingerprint density at radius 1 is 1.00 bits per heavy atom. The second-order valence-corrected chi connectivity index (χ2v) is 11.3. The van der Waals surface area contributed by atoms with Gasteiger partial charge in [-0.2, -0.15) is 5.10 Å². The van der Waals surface area contributed by atoms with Gasteiger partial charge in [-0.25, -0.2) is 4.98 Å². The molecule has 0 bridgehead atoms. The molecular formula is C32H52N4O2S. The molecule has 2 aromatic heterocycles. The van der Waals surface area contributed by atoms with Gasteiger partial charge in [0, 0.05) is 30.6 Å². The van der Waals surface area contributed by atoms with Crippen molar-refractivity contribution in [2.75, 3.05) is 26.3 Å². The molecule has 6 nitrogen and oxygen atoms in total. The average molecular weight is 557 g/mol. The summed E-state index contributed by atoms with van der Waals surface area (Å²) < 4.78 is 7.53. The van der Waals surface area contributed by atoms with Gasteiger partial charge in [-0.3, -0.25) is 9.48 Å². The summed E-state index contributed by atoms with van der Waals surface area (Å²) in [6.07, 6.45) is 5.61. The highest BCUT2D eigenvalue weighted by Crippen LogP contribution is 2.36. The molecule has 3 aromatic rings. The maximum Gasteiger partial charge on any atom is 0.228 e. The topological polar surface area (TPSA) is 60.3 Å². The molecule has 4 rings (SSSR count). The Labute approximate surface area is 241 Å². The number of hydrogen-bond donors (Lipinski definition) is 0. The van der Waals surface area contributed by atoms with Crippen molar-refractivity contribution in [3.05, 3.63) is 47.1 Å². The monoisotopic (exact) mass is 556 g/mol. The molecule has 0 aliphatic carbocycles. The van der Waals surface area contributed by atoms with Crippen molar-refractivity contribution in [1.29, 1.82) is 0 Å². The molecule has 3 heterocycles. The molecule has 1 fully saturated rings. The van der Waals surface area contributed by atoms with Crippen LogP contribution in [0.4, 0.5) is 0 Å². The van der Waals surface area contributed by atoms with Crippen LogP contribution in [0.1, 0.15) is 92.8 Å². The first-order valence-electron chi connectivity index (χ1n) is 14.6. The van der Waals surface area contributed by atoms with Crippen molar-refractivity contribution in [1.82, 2.24) is 19.7 Å². The minimum atomic E-state index is -0.163. The fourth-order valence-electron chi connectivity index (χ4n) is 3.78. The van der Waals surface area contributed by atoms with Crippen LogP contribution in [0.3, 0.4) is 0 Å². The van der Waals surface area contributed by atoms with E-state index >= 15 is 0 Å². The molecule has 0 radical (unpaired) electrons. The van der Waals surface area contributed by atoms with Crippen molar-refractivity contribution in [2.24, 2.45) is 0 Å². The number of thiazole rings is 1. The van der Waals surface area contributed by atoms with Crippen molar-refractivity contribution in [3.63, 3.8) is 0 Å². The third kappa shape index (κ3) is 10.9. The van der Waals surface area contributed by atoms with E-state index in [1.54, 1.807) is 11.3 Å². The highest BCUT2D eigenvalue weighted by molar-refractivity contribution is 7.13. The molecule has 1 aliphatic heterocycles. The summed E-state index contributed by atoms with van der Waals surface area (Å²) in [5, 5.41) is 7.60. The summed E-state index contributed by atoms with van der Waals surface area (Å²) >= 11 is 1.57. The lowest BCUT2D eigenvalue weighted by molar-refractivity contribution is -0.130. The van der Waals surface area contributed by atoms with Crippen LogP contribution >= 0.6 is 11.3 Å². The number of nitrogens with zero attached hydrogens (tertiary/aromatic N) is 4. The van der Waals surface area contributed by atoms with Crippen molar-refractivity contribution in [2.45, 2.75) is 100 Å². The minimum absolute atomic E-state index is 0.117. The van der Waals surface area contributed by atoms with E-state index in [1.807, 2.05) is 30.3 Å². The minimum Gasteiger partial charge on any atom is -0.380 e. The van der Waals surface area contributed by atoms with Crippen LogP contribution in [0.5, 0.6) is 0 Å². The Hall–Kier alpha value is -2.51. The Kier molecular flexibility index (Phi) is 15.9. The zero-order chi connectivity index (χ0) is 29.4. The van der Waals surface area contributed by atoms with Crippen LogP contribution in [0.25, 0.3) is 21.8 Å². The first kappa shape index (κ1) is 34.5. The van der Waals surface area contributed by atoms with Gasteiger partial charge in [0.1, 0.15) is 5.01 Å². The predicted molar refractivity (Wildman–Crippen MR) is 168 cm³/mol. The summed E-state index contributed by atoms with van der Waals surface area (Å²) in [6, 6.07) is 8.51. The van der Waals surface area contributed by atoms with E-state index in [0.29, 0.717) is 19.6 Å². The molecule has 1 aromatic carbocycles. The molecule has 7 heteroatoms.